The van der Waals surface area contributed by atoms with Gasteiger partial charge in [-0.1, -0.05) is 109 Å². The number of unbranched alkanes of at least 4 members (excludes halogenated alkanes) is 13. The number of rotatable bonds is 21. The Bertz CT molecular complexity index is 566. The molecule has 0 heterocycles. The Morgan fingerprint density at radius 3 is 1.73 bits per heavy atom. The van der Waals surface area contributed by atoms with Gasteiger partial charge in [0.2, 0.25) is 0 Å². The molecule has 0 radical (unpaired) electrons. The van der Waals surface area contributed by atoms with E-state index in [9.17, 15) is 4.79 Å². The molecule has 0 spiro atoms. The Morgan fingerprint density at radius 2 is 1.21 bits per heavy atom. The number of carbonyl (C=O) groups excluding carboxylic acids is 1. The zero-order valence-corrected chi connectivity index (χ0v) is 22.4. The largest absolute Gasteiger partial charge is 1.00 e. The predicted octanol–water partition coefficient (Wildman–Crippen LogP) is 4.38. The smallest absolute Gasteiger partial charge is 0.338 e. The second kappa shape index (κ2) is 21.4. The monoisotopic (exact) mass is 483 g/mol. The van der Waals surface area contributed by atoms with Crippen LogP contribution in [0.4, 0.5) is 0 Å². The molecule has 0 N–H and O–H groups in total. The van der Waals surface area contributed by atoms with Crippen LogP contribution in [-0.2, 0) is 9.47 Å². The molecule has 0 aliphatic heterocycles. The molecule has 0 aliphatic rings. The van der Waals surface area contributed by atoms with E-state index in [1.807, 2.05) is 18.2 Å². The number of quaternary nitrogens is 1. The molecule has 0 fully saturated rings. The molecule has 0 aliphatic carbocycles. The number of ether oxygens (including phenoxy) is 2. The lowest BCUT2D eigenvalue weighted by atomic mass is 10.0. The summed E-state index contributed by atoms with van der Waals surface area (Å²) >= 11 is 0. The summed E-state index contributed by atoms with van der Waals surface area (Å²) in [4.78, 5) is 12.0. The highest BCUT2D eigenvalue weighted by molar-refractivity contribution is 5.89. The molecule has 1 aromatic carbocycles. The highest BCUT2D eigenvalue weighted by Gasteiger charge is 2.16. The molecule has 0 saturated carbocycles. The van der Waals surface area contributed by atoms with Crippen molar-refractivity contribution in [1.29, 1.82) is 0 Å². The second-order valence-electron chi connectivity index (χ2n) is 9.79. The van der Waals surface area contributed by atoms with Crippen LogP contribution in [0, 0.1) is 0 Å². The lowest BCUT2D eigenvalue weighted by molar-refractivity contribution is -0.909. The zero-order valence-electron chi connectivity index (χ0n) is 21.7. The van der Waals surface area contributed by atoms with Gasteiger partial charge in [-0.3, -0.25) is 0 Å². The first-order valence-electron chi connectivity index (χ1n) is 13.2. The van der Waals surface area contributed by atoms with E-state index in [4.69, 9.17) is 9.47 Å². The maximum Gasteiger partial charge on any atom is 0.338 e. The third-order valence-electron chi connectivity index (χ3n) is 6.02. The van der Waals surface area contributed by atoms with E-state index < -0.39 is 0 Å². The summed E-state index contributed by atoms with van der Waals surface area (Å²) in [7, 11) is 4.23. The van der Waals surface area contributed by atoms with Gasteiger partial charge in [0.15, 0.2) is 6.73 Å². The van der Waals surface area contributed by atoms with Crippen molar-refractivity contribution in [3.63, 3.8) is 0 Å². The van der Waals surface area contributed by atoms with Gasteiger partial charge in [0.25, 0.3) is 0 Å². The summed E-state index contributed by atoms with van der Waals surface area (Å²) in [6.45, 7) is 4.91. The first-order chi connectivity index (χ1) is 15.5. The summed E-state index contributed by atoms with van der Waals surface area (Å²) in [6, 6.07) is 9.15. The topological polar surface area (TPSA) is 35.5 Å². The standard InChI is InChI=1S/C28H50NO3.ClH/c1-4-5-6-7-8-9-10-11-12-13-14-15-16-20-24-31-26-29(2,3)23-25-32-28(30)27-21-18-17-19-22-27;/h17-19,21-22H,4-16,20,23-26H2,1-3H3;1H/q+1;/p-1. The Hall–Kier alpha value is -1.10. The number of esters is 1. The van der Waals surface area contributed by atoms with Crippen molar-refractivity contribution in [1.82, 2.24) is 0 Å². The van der Waals surface area contributed by atoms with Gasteiger partial charge in [-0.2, -0.15) is 0 Å². The molecule has 0 amide bonds. The Kier molecular flexibility index (Phi) is 20.7. The van der Waals surface area contributed by atoms with E-state index in [1.54, 1.807) is 12.1 Å². The SMILES string of the molecule is CCCCCCCCCCCCCCCCOC[N+](C)(C)CCOC(=O)c1ccccc1.[Cl-]. The van der Waals surface area contributed by atoms with Gasteiger partial charge in [-0.15, -0.1) is 0 Å². The molecule has 33 heavy (non-hydrogen) atoms. The van der Waals surface area contributed by atoms with E-state index in [2.05, 4.69) is 21.0 Å². The zero-order chi connectivity index (χ0) is 23.3. The number of benzene rings is 1. The van der Waals surface area contributed by atoms with Gasteiger partial charge in [-0.25, -0.2) is 4.79 Å². The fourth-order valence-electron chi connectivity index (χ4n) is 3.82. The third-order valence-corrected chi connectivity index (χ3v) is 6.02. The van der Waals surface area contributed by atoms with E-state index >= 15 is 0 Å². The van der Waals surface area contributed by atoms with Gasteiger partial charge >= 0.3 is 5.97 Å². The average Bonchev–Trinajstić information content (AvgIpc) is 2.79. The first-order valence-corrected chi connectivity index (χ1v) is 13.2. The molecule has 0 unspecified atom stereocenters. The lowest BCUT2D eigenvalue weighted by Crippen LogP contribution is -3.00. The molecule has 1 rings (SSSR count). The van der Waals surface area contributed by atoms with Crippen LogP contribution in [-0.4, -0.2) is 51.0 Å². The molecule has 1 aromatic rings. The van der Waals surface area contributed by atoms with Crippen LogP contribution in [0.2, 0.25) is 0 Å². The molecule has 0 aromatic heterocycles. The summed E-state index contributed by atoms with van der Waals surface area (Å²) in [5.74, 6) is -0.256. The fourth-order valence-corrected chi connectivity index (χ4v) is 3.82. The summed E-state index contributed by atoms with van der Waals surface area (Å²) in [6.07, 6.45) is 19.2. The quantitative estimate of drug-likeness (QED) is 0.113. The van der Waals surface area contributed by atoms with Crippen LogP contribution in [0.5, 0.6) is 0 Å². The molecular weight excluding hydrogens is 434 g/mol. The molecule has 4 nitrogen and oxygen atoms in total. The summed E-state index contributed by atoms with van der Waals surface area (Å²) < 4.78 is 12.0. The average molecular weight is 484 g/mol. The predicted molar refractivity (Wildman–Crippen MR) is 135 cm³/mol. The van der Waals surface area contributed by atoms with Crippen molar-refractivity contribution in [2.75, 3.05) is 40.6 Å². The van der Waals surface area contributed by atoms with Gasteiger partial charge in [-0.05, 0) is 18.6 Å². The Morgan fingerprint density at radius 1 is 0.727 bits per heavy atom. The van der Waals surface area contributed by atoms with E-state index in [0.29, 0.717) is 23.4 Å². The minimum absolute atomic E-state index is 0. The highest BCUT2D eigenvalue weighted by Crippen LogP contribution is 2.13. The van der Waals surface area contributed by atoms with Gasteiger partial charge in [0, 0.05) is 0 Å². The van der Waals surface area contributed by atoms with Gasteiger partial charge in [0.05, 0.1) is 26.3 Å². The van der Waals surface area contributed by atoms with Gasteiger partial charge in [0.1, 0.15) is 13.2 Å². The van der Waals surface area contributed by atoms with Crippen LogP contribution in [0.25, 0.3) is 0 Å². The van der Waals surface area contributed by atoms with Crippen molar-refractivity contribution in [2.24, 2.45) is 0 Å². The molecule has 0 bridgehead atoms. The number of likely N-dealkylation sites (N-methyl/N-ethyl adjacent to an activating group) is 1. The van der Waals surface area contributed by atoms with Crippen molar-refractivity contribution >= 4 is 5.97 Å². The van der Waals surface area contributed by atoms with Crippen molar-refractivity contribution in [2.45, 2.75) is 96.8 Å². The normalized spacial score (nSPS) is 11.2. The first kappa shape index (κ1) is 31.9. The fraction of sp³-hybridized carbons (Fsp3) is 0.750. The number of nitrogens with zero attached hydrogens (tertiary/aromatic N) is 1. The maximum absolute atomic E-state index is 12.0. The molecule has 5 heteroatoms. The van der Waals surface area contributed by atoms with Crippen molar-refractivity contribution in [3.8, 4) is 0 Å². The summed E-state index contributed by atoms with van der Waals surface area (Å²) in [5, 5.41) is 0. The molecule has 0 saturated heterocycles. The van der Waals surface area contributed by atoms with Crippen molar-refractivity contribution < 1.29 is 31.2 Å². The van der Waals surface area contributed by atoms with Crippen LogP contribution in [0.3, 0.4) is 0 Å². The van der Waals surface area contributed by atoms with E-state index in [0.717, 1.165) is 19.6 Å². The Balaban J connectivity index is 0.0000102. The molecule has 192 valence electrons. The van der Waals surface area contributed by atoms with E-state index in [1.165, 1.54) is 83.5 Å². The number of halogens is 1. The second-order valence-corrected chi connectivity index (χ2v) is 9.79. The summed E-state index contributed by atoms with van der Waals surface area (Å²) in [5.41, 5.74) is 0.604. The molecular formula is C28H50ClNO3. The highest BCUT2D eigenvalue weighted by atomic mass is 35.5. The van der Waals surface area contributed by atoms with Crippen LogP contribution in [0.15, 0.2) is 30.3 Å². The third kappa shape index (κ3) is 19.0. The van der Waals surface area contributed by atoms with Crippen LogP contribution in [0.1, 0.15) is 107 Å². The minimum atomic E-state index is -0.256. The van der Waals surface area contributed by atoms with Gasteiger partial charge < -0.3 is 26.4 Å². The van der Waals surface area contributed by atoms with Crippen LogP contribution < -0.4 is 12.4 Å². The maximum atomic E-state index is 12.0. The Labute approximate surface area is 210 Å². The van der Waals surface area contributed by atoms with E-state index in [-0.39, 0.29) is 18.4 Å². The number of hydrogen-bond donors (Lipinski definition) is 0. The molecule has 0 atom stereocenters. The number of hydrogen-bond acceptors (Lipinski definition) is 3. The van der Waals surface area contributed by atoms with Crippen molar-refractivity contribution in [3.05, 3.63) is 35.9 Å². The lowest BCUT2D eigenvalue weighted by Gasteiger charge is -2.28. The minimum Gasteiger partial charge on any atom is -1.00 e. The number of carbonyl (C=O) groups is 1. The van der Waals surface area contributed by atoms with Crippen LogP contribution >= 0.6 is 0 Å².